The lowest BCUT2D eigenvalue weighted by Gasteiger charge is -2.17. The highest BCUT2D eigenvalue weighted by Gasteiger charge is 2.31. The Hall–Kier alpha value is -1.88. The highest BCUT2D eigenvalue weighted by Crippen LogP contribution is 2.38. The van der Waals surface area contributed by atoms with Crippen molar-refractivity contribution in [3.8, 4) is 0 Å². The Morgan fingerprint density at radius 3 is 2.86 bits per heavy atom. The summed E-state index contributed by atoms with van der Waals surface area (Å²) in [5.74, 6) is 0.335. The van der Waals surface area contributed by atoms with Crippen molar-refractivity contribution in [1.82, 2.24) is 5.06 Å². The topological polar surface area (TPSA) is 49.9 Å². The summed E-state index contributed by atoms with van der Waals surface area (Å²) in [5.41, 5.74) is 2.16. The zero-order valence-electron chi connectivity index (χ0n) is 12.2. The monoisotopic (exact) mass is 288 g/mol. The fourth-order valence-electron chi connectivity index (χ4n) is 3.11. The minimum Gasteiger partial charge on any atom is -0.312 e. The standard InChI is InChI=1S/C16H20N2O3/c1-12(19)17-11-13(14-5-2-3-6-15(14)17)7-8-16(20)18-9-4-10-21-18/h2-3,5-6,13H,4,7-11H2,1H3. The lowest BCUT2D eigenvalue weighted by Crippen LogP contribution is -2.28. The van der Waals surface area contributed by atoms with Crippen LogP contribution >= 0.6 is 0 Å². The molecule has 2 heterocycles. The van der Waals surface area contributed by atoms with Gasteiger partial charge in [-0.25, -0.2) is 5.06 Å². The number of carbonyl (C=O) groups is 2. The number of anilines is 1. The second-order valence-corrected chi connectivity index (χ2v) is 5.61. The van der Waals surface area contributed by atoms with Crippen LogP contribution in [0.1, 0.15) is 37.7 Å². The van der Waals surface area contributed by atoms with Crippen molar-refractivity contribution >= 4 is 17.5 Å². The molecular weight excluding hydrogens is 268 g/mol. The molecule has 1 fully saturated rings. The summed E-state index contributed by atoms with van der Waals surface area (Å²) in [7, 11) is 0. The molecule has 1 unspecified atom stereocenters. The van der Waals surface area contributed by atoms with Gasteiger partial charge in [-0.1, -0.05) is 18.2 Å². The molecule has 1 aromatic rings. The quantitative estimate of drug-likeness (QED) is 0.855. The molecule has 3 rings (SSSR count). The Morgan fingerprint density at radius 2 is 2.14 bits per heavy atom. The molecule has 0 aromatic heterocycles. The van der Waals surface area contributed by atoms with Gasteiger partial charge in [0.15, 0.2) is 0 Å². The molecule has 5 nitrogen and oxygen atoms in total. The molecule has 0 aliphatic carbocycles. The third-order valence-corrected chi connectivity index (χ3v) is 4.19. The molecule has 0 spiro atoms. The molecule has 2 aliphatic rings. The third-order valence-electron chi connectivity index (χ3n) is 4.19. The van der Waals surface area contributed by atoms with Crippen LogP contribution in [-0.2, 0) is 14.4 Å². The Bertz CT molecular complexity index is 552. The first-order valence-electron chi connectivity index (χ1n) is 7.47. The van der Waals surface area contributed by atoms with E-state index in [0.29, 0.717) is 26.1 Å². The van der Waals surface area contributed by atoms with Gasteiger partial charge in [0.2, 0.25) is 11.8 Å². The van der Waals surface area contributed by atoms with E-state index in [9.17, 15) is 9.59 Å². The summed E-state index contributed by atoms with van der Waals surface area (Å²) < 4.78 is 0. The van der Waals surface area contributed by atoms with Crippen LogP contribution < -0.4 is 4.90 Å². The van der Waals surface area contributed by atoms with E-state index in [4.69, 9.17) is 4.84 Å². The predicted molar refractivity (Wildman–Crippen MR) is 78.7 cm³/mol. The molecule has 0 N–H and O–H groups in total. The van der Waals surface area contributed by atoms with Gasteiger partial charge in [0.05, 0.1) is 13.2 Å². The second kappa shape index (κ2) is 5.85. The number of para-hydroxylation sites is 1. The van der Waals surface area contributed by atoms with Crippen molar-refractivity contribution in [2.45, 2.75) is 32.1 Å². The second-order valence-electron chi connectivity index (χ2n) is 5.61. The van der Waals surface area contributed by atoms with Crippen molar-refractivity contribution in [1.29, 1.82) is 0 Å². The maximum Gasteiger partial charge on any atom is 0.246 e. The highest BCUT2D eigenvalue weighted by atomic mass is 16.7. The zero-order valence-corrected chi connectivity index (χ0v) is 12.2. The number of benzene rings is 1. The number of carbonyl (C=O) groups excluding carboxylic acids is 2. The first-order valence-corrected chi connectivity index (χ1v) is 7.47. The zero-order chi connectivity index (χ0) is 14.8. The van der Waals surface area contributed by atoms with Crippen LogP contribution in [0.3, 0.4) is 0 Å². The molecular formula is C16H20N2O3. The lowest BCUT2D eigenvalue weighted by atomic mass is 9.96. The van der Waals surface area contributed by atoms with Gasteiger partial charge in [-0.15, -0.1) is 0 Å². The number of hydrogen-bond acceptors (Lipinski definition) is 3. The van der Waals surface area contributed by atoms with Crippen LogP contribution in [0.25, 0.3) is 0 Å². The average molecular weight is 288 g/mol. The summed E-state index contributed by atoms with van der Waals surface area (Å²) in [6.07, 6.45) is 2.13. The first-order chi connectivity index (χ1) is 10.2. The van der Waals surface area contributed by atoms with E-state index >= 15 is 0 Å². The molecule has 5 heteroatoms. The van der Waals surface area contributed by atoms with Gasteiger partial charge in [0.1, 0.15) is 0 Å². The maximum atomic E-state index is 12.0. The average Bonchev–Trinajstić information content (AvgIpc) is 3.13. The van der Waals surface area contributed by atoms with Gasteiger partial charge in [-0.05, 0) is 24.5 Å². The van der Waals surface area contributed by atoms with Crippen molar-refractivity contribution in [3.63, 3.8) is 0 Å². The van der Waals surface area contributed by atoms with E-state index in [1.165, 1.54) is 10.6 Å². The number of fused-ring (bicyclic) bond motifs is 1. The number of hydroxylamine groups is 2. The van der Waals surface area contributed by atoms with E-state index in [1.54, 1.807) is 11.8 Å². The summed E-state index contributed by atoms with van der Waals surface area (Å²) in [5, 5.41) is 1.48. The largest absolute Gasteiger partial charge is 0.312 e. The van der Waals surface area contributed by atoms with E-state index in [1.807, 2.05) is 18.2 Å². The van der Waals surface area contributed by atoms with Gasteiger partial charge in [-0.2, -0.15) is 0 Å². The third kappa shape index (κ3) is 2.78. The fourth-order valence-corrected chi connectivity index (χ4v) is 3.11. The Balaban J connectivity index is 1.66. The van der Waals surface area contributed by atoms with Crippen LogP contribution in [0.15, 0.2) is 24.3 Å². The van der Waals surface area contributed by atoms with Gasteiger partial charge < -0.3 is 4.90 Å². The van der Waals surface area contributed by atoms with Crippen molar-refractivity contribution in [2.75, 3.05) is 24.6 Å². The van der Waals surface area contributed by atoms with Crippen molar-refractivity contribution in [3.05, 3.63) is 29.8 Å². The number of hydrogen-bond donors (Lipinski definition) is 0. The van der Waals surface area contributed by atoms with Crippen LogP contribution in [-0.4, -0.2) is 36.6 Å². The SMILES string of the molecule is CC(=O)N1CC(CCC(=O)N2CCCO2)c2ccccc21. The Labute approximate surface area is 124 Å². The number of rotatable bonds is 3. The van der Waals surface area contributed by atoms with Crippen LogP contribution in [0, 0.1) is 0 Å². The molecule has 0 bridgehead atoms. The van der Waals surface area contributed by atoms with Crippen LogP contribution in [0.2, 0.25) is 0 Å². The fraction of sp³-hybridized carbons (Fsp3) is 0.500. The molecule has 1 atom stereocenters. The van der Waals surface area contributed by atoms with Gasteiger partial charge in [0, 0.05) is 31.5 Å². The van der Waals surface area contributed by atoms with Crippen molar-refractivity contribution in [2.24, 2.45) is 0 Å². The summed E-state index contributed by atoms with van der Waals surface area (Å²) in [4.78, 5) is 30.9. The maximum absolute atomic E-state index is 12.0. The van der Waals surface area contributed by atoms with E-state index < -0.39 is 0 Å². The first kappa shape index (κ1) is 14.1. The molecule has 1 saturated heterocycles. The van der Waals surface area contributed by atoms with Gasteiger partial charge in [-0.3, -0.25) is 14.4 Å². The lowest BCUT2D eigenvalue weighted by molar-refractivity contribution is -0.168. The number of nitrogens with zero attached hydrogens (tertiary/aromatic N) is 2. The molecule has 2 amide bonds. The molecule has 112 valence electrons. The summed E-state index contributed by atoms with van der Waals surface area (Å²) in [6, 6.07) is 7.96. The van der Waals surface area contributed by atoms with E-state index in [0.717, 1.165) is 18.5 Å². The molecule has 0 saturated carbocycles. The smallest absolute Gasteiger partial charge is 0.246 e. The molecule has 0 radical (unpaired) electrons. The van der Waals surface area contributed by atoms with E-state index in [-0.39, 0.29) is 17.7 Å². The summed E-state index contributed by atoms with van der Waals surface area (Å²) >= 11 is 0. The minimum atomic E-state index is 0.0475. The molecule has 21 heavy (non-hydrogen) atoms. The van der Waals surface area contributed by atoms with E-state index in [2.05, 4.69) is 6.07 Å². The van der Waals surface area contributed by atoms with Crippen LogP contribution in [0.5, 0.6) is 0 Å². The predicted octanol–water partition coefficient (Wildman–Crippen LogP) is 2.08. The summed E-state index contributed by atoms with van der Waals surface area (Å²) in [6.45, 7) is 3.58. The molecule has 1 aromatic carbocycles. The Morgan fingerprint density at radius 1 is 1.33 bits per heavy atom. The van der Waals surface area contributed by atoms with Gasteiger partial charge in [0.25, 0.3) is 0 Å². The van der Waals surface area contributed by atoms with Crippen molar-refractivity contribution < 1.29 is 14.4 Å². The van der Waals surface area contributed by atoms with Gasteiger partial charge >= 0.3 is 0 Å². The number of amides is 2. The Kier molecular flexibility index (Phi) is 3.92. The highest BCUT2D eigenvalue weighted by molar-refractivity contribution is 5.94. The molecule has 2 aliphatic heterocycles. The normalized spacial score (nSPS) is 20.7. The minimum absolute atomic E-state index is 0.0475. The van der Waals surface area contributed by atoms with Crippen LogP contribution in [0.4, 0.5) is 5.69 Å².